The van der Waals surface area contributed by atoms with Gasteiger partial charge in [0.2, 0.25) is 0 Å². The van der Waals surface area contributed by atoms with Gasteiger partial charge in [-0.15, -0.1) is 11.8 Å². The van der Waals surface area contributed by atoms with E-state index in [1.165, 1.54) is 32.1 Å². The van der Waals surface area contributed by atoms with Crippen LogP contribution in [-0.4, -0.2) is 6.54 Å². The molecule has 0 unspecified atom stereocenters. The van der Waals surface area contributed by atoms with Crippen molar-refractivity contribution in [1.29, 1.82) is 0 Å². The van der Waals surface area contributed by atoms with Gasteiger partial charge in [0.05, 0.1) is 0 Å². The number of hydrogen-bond acceptors (Lipinski definition) is 1. The minimum Gasteiger partial charge on any atom is -0.330 e. The van der Waals surface area contributed by atoms with Crippen LogP contribution >= 0.6 is 0 Å². The van der Waals surface area contributed by atoms with Crippen molar-refractivity contribution in [3.05, 3.63) is 0 Å². The van der Waals surface area contributed by atoms with Crippen molar-refractivity contribution in [2.75, 3.05) is 6.54 Å². The molecule has 0 amide bonds. The zero-order chi connectivity index (χ0) is 9.57. The van der Waals surface area contributed by atoms with Crippen LogP contribution in [0.15, 0.2) is 0 Å². The van der Waals surface area contributed by atoms with E-state index in [4.69, 9.17) is 5.73 Å². The lowest BCUT2D eigenvalue weighted by Gasteiger charge is -2.34. The number of nitrogens with two attached hydrogens (primary N) is 1. The maximum absolute atomic E-state index is 5.85. The molecule has 0 aromatic carbocycles. The first-order valence-electron chi connectivity index (χ1n) is 5.49. The molecule has 1 aliphatic carbocycles. The molecule has 0 heterocycles. The van der Waals surface area contributed by atoms with Crippen molar-refractivity contribution in [3.8, 4) is 11.8 Å². The van der Waals surface area contributed by atoms with Gasteiger partial charge in [-0.1, -0.05) is 26.2 Å². The molecular weight excluding hydrogens is 158 g/mol. The van der Waals surface area contributed by atoms with Crippen LogP contribution < -0.4 is 5.73 Å². The normalized spacial score (nSPS) is 20.5. The minimum atomic E-state index is 0.375. The second kappa shape index (κ2) is 5.29. The highest BCUT2D eigenvalue weighted by Crippen LogP contribution is 2.37. The van der Waals surface area contributed by atoms with E-state index >= 15 is 0 Å². The smallest absolute Gasteiger partial charge is 0.0157 e. The summed E-state index contributed by atoms with van der Waals surface area (Å²) >= 11 is 0. The molecule has 0 radical (unpaired) electrons. The maximum atomic E-state index is 5.85. The second-order valence-electron chi connectivity index (χ2n) is 4.15. The Hall–Kier alpha value is -0.480. The van der Waals surface area contributed by atoms with Crippen LogP contribution in [0.2, 0.25) is 0 Å². The van der Waals surface area contributed by atoms with Crippen molar-refractivity contribution in [2.45, 2.75) is 51.9 Å². The zero-order valence-corrected chi connectivity index (χ0v) is 8.73. The molecule has 1 rings (SSSR count). The van der Waals surface area contributed by atoms with Gasteiger partial charge in [0.1, 0.15) is 0 Å². The Morgan fingerprint density at radius 1 is 1.15 bits per heavy atom. The largest absolute Gasteiger partial charge is 0.330 e. The van der Waals surface area contributed by atoms with E-state index in [0.717, 1.165) is 19.4 Å². The monoisotopic (exact) mass is 179 g/mol. The maximum Gasteiger partial charge on any atom is 0.0157 e. The van der Waals surface area contributed by atoms with Crippen LogP contribution in [0.5, 0.6) is 0 Å². The van der Waals surface area contributed by atoms with Crippen LogP contribution in [0.4, 0.5) is 0 Å². The Morgan fingerprint density at radius 3 is 2.38 bits per heavy atom. The average molecular weight is 179 g/mol. The summed E-state index contributed by atoms with van der Waals surface area (Å²) < 4.78 is 0. The summed E-state index contributed by atoms with van der Waals surface area (Å²) in [6.45, 7) is 2.92. The molecule has 0 saturated heterocycles. The minimum absolute atomic E-state index is 0.375. The van der Waals surface area contributed by atoms with Crippen molar-refractivity contribution in [1.82, 2.24) is 0 Å². The molecule has 1 saturated carbocycles. The van der Waals surface area contributed by atoms with Crippen molar-refractivity contribution >= 4 is 0 Å². The Balaban J connectivity index is 2.47. The molecule has 0 bridgehead atoms. The summed E-state index contributed by atoms with van der Waals surface area (Å²) in [6.07, 6.45) is 8.68. The van der Waals surface area contributed by atoms with Gasteiger partial charge in [0, 0.05) is 12.8 Å². The molecule has 1 heteroatoms. The van der Waals surface area contributed by atoms with Gasteiger partial charge in [-0.2, -0.15) is 0 Å². The predicted molar refractivity (Wildman–Crippen MR) is 57.3 cm³/mol. The molecule has 1 fully saturated rings. The standard InChI is InChI=1S/C12H21N/c1-2-3-5-8-12(11-13)9-6-4-7-10-12/h2,4,6-11,13H2,1H3. The zero-order valence-electron chi connectivity index (χ0n) is 8.73. The van der Waals surface area contributed by atoms with E-state index in [1.54, 1.807) is 0 Å². The summed E-state index contributed by atoms with van der Waals surface area (Å²) in [5.41, 5.74) is 6.23. The highest BCUT2D eigenvalue weighted by Gasteiger charge is 2.29. The highest BCUT2D eigenvalue weighted by molar-refractivity contribution is 5.03. The van der Waals surface area contributed by atoms with Crippen molar-refractivity contribution in [2.24, 2.45) is 11.1 Å². The quantitative estimate of drug-likeness (QED) is 0.648. The Morgan fingerprint density at radius 2 is 1.85 bits per heavy atom. The van der Waals surface area contributed by atoms with Gasteiger partial charge < -0.3 is 5.73 Å². The summed E-state index contributed by atoms with van der Waals surface area (Å²) in [4.78, 5) is 0. The van der Waals surface area contributed by atoms with E-state index in [9.17, 15) is 0 Å². The van der Waals surface area contributed by atoms with Gasteiger partial charge in [0.25, 0.3) is 0 Å². The lowest BCUT2D eigenvalue weighted by molar-refractivity contribution is 0.205. The molecule has 0 spiro atoms. The van der Waals surface area contributed by atoms with Crippen molar-refractivity contribution < 1.29 is 0 Å². The lowest BCUT2D eigenvalue weighted by Crippen LogP contribution is -2.32. The van der Waals surface area contributed by atoms with Gasteiger partial charge in [-0.3, -0.25) is 0 Å². The van der Waals surface area contributed by atoms with E-state index in [0.29, 0.717) is 5.41 Å². The van der Waals surface area contributed by atoms with E-state index in [1.807, 2.05) is 0 Å². The first-order valence-corrected chi connectivity index (χ1v) is 5.49. The topological polar surface area (TPSA) is 26.0 Å². The van der Waals surface area contributed by atoms with E-state index < -0.39 is 0 Å². The van der Waals surface area contributed by atoms with Gasteiger partial charge in [0.15, 0.2) is 0 Å². The summed E-state index contributed by atoms with van der Waals surface area (Å²) in [5.74, 6) is 6.42. The van der Waals surface area contributed by atoms with Crippen molar-refractivity contribution in [3.63, 3.8) is 0 Å². The van der Waals surface area contributed by atoms with Gasteiger partial charge >= 0.3 is 0 Å². The fraction of sp³-hybridized carbons (Fsp3) is 0.833. The number of rotatable bonds is 2. The predicted octanol–water partition coefficient (Wildman–Crippen LogP) is 2.70. The highest BCUT2D eigenvalue weighted by atomic mass is 14.6. The third kappa shape index (κ3) is 3.04. The fourth-order valence-corrected chi connectivity index (χ4v) is 2.13. The average Bonchev–Trinajstić information content (AvgIpc) is 2.20. The molecular formula is C12H21N. The number of hydrogen-bond donors (Lipinski definition) is 1. The molecule has 1 aliphatic rings. The van der Waals surface area contributed by atoms with Crippen LogP contribution in [0, 0.1) is 17.3 Å². The second-order valence-corrected chi connectivity index (χ2v) is 4.15. The summed E-state index contributed by atoms with van der Waals surface area (Å²) in [7, 11) is 0. The molecule has 1 nitrogen and oxygen atoms in total. The third-order valence-corrected chi connectivity index (χ3v) is 3.11. The Bertz CT molecular complexity index is 191. The van der Waals surface area contributed by atoms with Gasteiger partial charge in [-0.05, 0) is 24.8 Å². The van der Waals surface area contributed by atoms with Crippen LogP contribution in [0.25, 0.3) is 0 Å². The Labute approximate surface area is 82.1 Å². The van der Waals surface area contributed by atoms with Crippen LogP contribution in [-0.2, 0) is 0 Å². The summed E-state index contributed by atoms with van der Waals surface area (Å²) in [6, 6.07) is 0. The SMILES string of the molecule is CCC#CCC1(CN)CCCCC1. The van der Waals surface area contributed by atoms with E-state index in [-0.39, 0.29) is 0 Å². The fourth-order valence-electron chi connectivity index (χ4n) is 2.13. The first kappa shape index (κ1) is 10.6. The molecule has 0 atom stereocenters. The summed E-state index contributed by atoms with van der Waals surface area (Å²) in [5, 5.41) is 0. The molecule has 0 aromatic rings. The molecule has 0 aromatic heterocycles. The molecule has 74 valence electrons. The van der Waals surface area contributed by atoms with E-state index in [2.05, 4.69) is 18.8 Å². The third-order valence-electron chi connectivity index (χ3n) is 3.11. The molecule has 13 heavy (non-hydrogen) atoms. The van der Waals surface area contributed by atoms with Crippen LogP contribution in [0.1, 0.15) is 51.9 Å². The Kier molecular flexibility index (Phi) is 4.32. The lowest BCUT2D eigenvalue weighted by atomic mass is 9.72. The van der Waals surface area contributed by atoms with Gasteiger partial charge in [-0.25, -0.2) is 0 Å². The van der Waals surface area contributed by atoms with Crippen LogP contribution in [0.3, 0.4) is 0 Å². The first-order chi connectivity index (χ1) is 6.33. The molecule has 2 N–H and O–H groups in total. The molecule has 0 aliphatic heterocycles.